The molecule has 1 fully saturated rings. The van der Waals surface area contributed by atoms with Crippen LogP contribution >= 0.6 is 27.7 Å². The number of aliphatic hydroxyl groups excluding tert-OH is 1. The first-order chi connectivity index (χ1) is 10.0. The molecule has 1 saturated heterocycles. The highest BCUT2D eigenvalue weighted by molar-refractivity contribution is 9.10. The van der Waals surface area contributed by atoms with Gasteiger partial charge in [0.1, 0.15) is 0 Å². The standard InChI is InChI=1S/C16H22BrNO2S/c1-11-8-15(12(2)7-14(11)17)21-10-16(20)18-5-3-13(9-19)4-6-18/h7-8,13,19H,3-6,9-10H2,1-2H3. The fourth-order valence-electron chi connectivity index (χ4n) is 2.51. The van der Waals surface area contributed by atoms with Crippen molar-refractivity contribution in [3.05, 3.63) is 27.7 Å². The van der Waals surface area contributed by atoms with Crippen LogP contribution in [0.2, 0.25) is 0 Å². The largest absolute Gasteiger partial charge is 0.396 e. The van der Waals surface area contributed by atoms with E-state index >= 15 is 0 Å². The first kappa shape index (κ1) is 16.8. The number of benzene rings is 1. The Morgan fingerprint density at radius 3 is 2.62 bits per heavy atom. The van der Waals surface area contributed by atoms with Crippen molar-refractivity contribution in [3.63, 3.8) is 0 Å². The third kappa shape index (κ3) is 4.47. The molecule has 21 heavy (non-hydrogen) atoms. The van der Waals surface area contributed by atoms with Crippen molar-refractivity contribution in [1.29, 1.82) is 0 Å². The number of aryl methyl sites for hydroxylation is 2. The quantitative estimate of drug-likeness (QED) is 0.824. The summed E-state index contributed by atoms with van der Waals surface area (Å²) in [6.07, 6.45) is 1.84. The highest BCUT2D eigenvalue weighted by Crippen LogP contribution is 2.29. The Morgan fingerprint density at radius 2 is 2.00 bits per heavy atom. The molecule has 0 aromatic heterocycles. The molecule has 1 amide bonds. The molecule has 0 unspecified atom stereocenters. The van der Waals surface area contributed by atoms with Crippen molar-refractivity contribution < 1.29 is 9.90 Å². The minimum absolute atomic E-state index is 0.205. The zero-order valence-electron chi connectivity index (χ0n) is 12.6. The van der Waals surface area contributed by atoms with Crippen LogP contribution in [0.4, 0.5) is 0 Å². The molecule has 1 heterocycles. The lowest BCUT2D eigenvalue weighted by Crippen LogP contribution is -2.40. The lowest BCUT2D eigenvalue weighted by Gasteiger charge is -2.31. The highest BCUT2D eigenvalue weighted by atomic mass is 79.9. The number of hydrogen-bond acceptors (Lipinski definition) is 3. The Hall–Kier alpha value is -0.520. The van der Waals surface area contributed by atoms with Crippen LogP contribution in [0.1, 0.15) is 24.0 Å². The predicted octanol–water partition coefficient (Wildman–Crippen LogP) is 3.39. The molecule has 0 spiro atoms. The van der Waals surface area contributed by atoms with Crippen LogP contribution in [0.5, 0.6) is 0 Å². The lowest BCUT2D eigenvalue weighted by atomic mass is 9.98. The molecule has 0 saturated carbocycles. The molecule has 2 rings (SSSR count). The van der Waals surface area contributed by atoms with Crippen LogP contribution in [0.3, 0.4) is 0 Å². The third-order valence-corrected chi connectivity index (χ3v) is 6.03. The molecule has 0 atom stereocenters. The summed E-state index contributed by atoms with van der Waals surface area (Å²) in [7, 11) is 0. The molecular formula is C16H22BrNO2S. The molecule has 1 aliphatic heterocycles. The molecule has 3 nitrogen and oxygen atoms in total. The molecule has 116 valence electrons. The van der Waals surface area contributed by atoms with E-state index < -0.39 is 0 Å². The number of carbonyl (C=O) groups excluding carboxylic acids is 1. The summed E-state index contributed by atoms with van der Waals surface area (Å²) in [5.74, 6) is 1.07. The molecule has 0 radical (unpaired) electrons. The lowest BCUT2D eigenvalue weighted by molar-refractivity contribution is -0.129. The van der Waals surface area contributed by atoms with Crippen LogP contribution < -0.4 is 0 Å². The molecule has 1 aromatic carbocycles. The Balaban J connectivity index is 1.88. The van der Waals surface area contributed by atoms with Crippen molar-refractivity contribution in [2.75, 3.05) is 25.4 Å². The Labute approximate surface area is 139 Å². The second-order valence-electron chi connectivity index (χ2n) is 5.66. The van der Waals surface area contributed by atoms with Gasteiger partial charge in [0, 0.05) is 29.1 Å². The van der Waals surface area contributed by atoms with Gasteiger partial charge in [-0.3, -0.25) is 4.79 Å². The van der Waals surface area contributed by atoms with E-state index in [1.165, 1.54) is 16.0 Å². The Bertz CT molecular complexity index is 513. The summed E-state index contributed by atoms with van der Waals surface area (Å²) < 4.78 is 1.11. The predicted molar refractivity (Wildman–Crippen MR) is 90.7 cm³/mol. The second kappa shape index (κ2) is 7.65. The first-order valence-electron chi connectivity index (χ1n) is 7.29. The van der Waals surface area contributed by atoms with E-state index in [9.17, 15) is 4.79 Å². The van der Waals surface area contributed by atoms with E-state index in [-0.39, 0.29) is 12.5 Å². The number of aliphatic hydroxyl groups is 1. The van der Waals surface area contributed by atoms with E-state index in [0.29, 0.717) is 11.7 Å². The van der Waals surface area contributed by atoms with Crippen LogP contribution in [0.15, 0.2) is 21.5 Å². The molecule has 1 aromatic rings. The molecule has 5 heteroatoms. The maximum absolute atomic E-state index is 12.3. The number of piperidine rings is 1. The van der Waals surface area contributed by atoms with Crippen LogP contribution in [0.25, 0.3) is 0 Å². The molecule has 1 N–H and O–H groups in total. The molecule has 0 bridgehead atoms. The summed E-state index contributed by atoms with van der Waals surface area (Å²) in [5.41, 5.74) is 2.39. The van der Waals surface area contributed by atoms with E-state index in [2.05, 4.69) is 41.9 Å². The Morgan fingerprint density at radius 1 is 1.33 bits per heavy atom. The average molecular weight is 372 g/mol. The van der Waals surface area contributed by atoms with Crippen molar-refractivity contribution in [2.45, 2.75) is 31.6 Å². The van der Waals surface area contributed by atoms with E-state index in [1.807, 2.05) is 4.90 Å². The Kier molecular flexibility index (Phi) is 6.14. The number of hydrogen-bond donors (Lipinski definition) is 1. The van der Waals surface area contributed by atoms with E-state index in [4.69, 9.17) is 5.11 Å². The maximum Gasteiger partial charge on any atom is 0.232 e. The van der Waals surface area contributed by atoms with Crippen LogP contribution in [-0.2, 0) is 4.79 Å². The topological polar surface area (TPSA) is 40.5 Å². The minimum atomic E-state index is 0.205. The fraction of sp³-hybridized carbons (Fsp3) is 0.562. The van der Waals surface area contributed by atoms with Gasteiger partial charge in [0.2, 0.25) is 5.91 Å². The molecule has 0 aliphatic carbocycles. The number of thioether (sulfide) groups is 1. The zero-order chi connectivity index (χ0) is 15.4. The summed E-state index contributed by atoms with van der Waals surface area (Å²) in [4.78, 5) is 15.4. The van der Waals surface area contributed by atoms with Gasteiger partial charge >= 0.3 is 0 Å². The zero-order valence-corrected chi connectivity index (χ0v) is 15.0. The number of nitrogens with zero attached hydrogens (tertiary/aromatic N) is 1. The number of halogens is 1. The third-order valence-electron chi connectivity index (χ3n) is 4.03. The minimum Gasteiger partial charge on any atom is -0.396 e. The number of rotatable bonds is 4. The van der Waals surface area contributed by atoms with E-state index in [1.54, 1.807) is 11.8 Å². The highest BCUT2D eigenvalue weighted by Gasteiger charge is 2.22. The molecule has 1 aliphatic rings. The average Bonchev–Trinajstić information content (AvgIpc) is 2.49. The summed E-state index contributed by atoms with van der Waals surface area (Å²) in [6, 6.07) is 4.24. The van der Waals surface area contributed by atoms with Crippen LogP contribution in [-0.4, -0.2) is 41.4 Å². The van der Waals surface area contributed by atoms with Crippen molar-refractivity contribution >= 4 is 33.6 Å². The van der Waals surface area contributed by atoms with Crippen LogP contribution in [0, 0.1) is 19.8 Å². The summed E-state index contributed by atoms with van der Waals surface area (Å²) in [5, 5.41) is 9.14. The van der Waals surface area contributed by atoms with Crippen molar-refractivity contribution in [3.8, 4) is 0 Å². The fourth-order valence-corrected chi connectivity index (χ4v) is 3.97. The van der Waals surface area contributed by atoms with Gasteiger partial charge in [-0.15, -0.1) is 11.8 Å². The summed E-state index contributed by atoms with van der Waals surface area (Å²) >= 11 is 5.15. The van der Waals surface area contributed by atoms with Gasteiger partial charge in [-0.1, -0.05) is 15.9 Å². The van der Waals surface area contributed by atoms with Gasteiger partial charge < -0.3 is 10.0 Å². The normalized spacial score (nSPS) is 16.3. The van der Waals surface area contributed by atoms with Gasteiger partial charge in [0.25, 0.3) is 0 Å². The van der Waals surface area contributed by atoms with Gasteiger partial charge in [-0.25, -0.2) is 0 Å². The van der Waals surface area contributed by atoms with Gasteiger partial charge in [-0.2, -0.15) is 0 Å². The SMILES string of the molecule is Cc1cc(SCC(=O)N2CCC(CO)CC2)c(C)cc1Br. The number of amides is 1. The summed E-state index contributed by atoms with van der Waals surface area (Å²) in [6.45, 7) is 5.94. The smallest absolute Gasteiger partial charge is 0.232 e. The maximum atomic E-state index is 12.3. The van der Waals surface area contributed by atoms with Crippen molar-refractivity contribution in [2.24, 2.45) is 5.92 Å². The number of carbonyl (C=O) groups is 1. The van der Waals surface area contributed by atoms with Gasteiger partial charge in [-0.05, 0) is 55.9 Å². The monoisotopic (exact) mass is 371 g/mol. The van der Waals surface area contributed by atoms with Gasteiger partial charge in [0.05, 0.1) is 5.75 Å². The molecular weight excluding hydrogens is 350 g/mol. The van der Waals surface area contributed by atoms with E-state index in [0.717, 1.165) is 30.4 Å². The van der Waals surface area contributed by atoms with Crippen molar-refractivity contribution in [1.82, 2.24) is 4.90 Å². The first-order valence-corrected chi connectivity index (χ1v) is 9.07. The second-order valence-corrected chi connectivity index (χ2v) is 7.53. The van der Waals surface area contributed by atoms with Gasteiger partial charge in [0.15, 0.2) is 0 Å². The number of likely N-dealkylation sites (tertiary alicyclic amines) is 1.